The van der Waals surface area contributed by atoms with Gasteiger partial charge in [0.1, 0.15) is 5.41 Å². The first-order valence-electron chi connectivity index (χ1n) is 16.4. The summed E-state index contributed by atoms with van der Waals surface area (Å²) in [5, 5.41) is 25.7. The lowest BCUT2D eigenvalue weighted by molar-refractivity contribution is -0.155. The predicted molar refractivity (Wildman–Crippen MR) is 181 cm³/mol. The van der Waals surface area contributed by atoms with Crippen molar-refractivity contribution in [1.82, 2.24) is 10.2 Å². The molecule has 0 amide bonds. The Kier molecular flexibility index (Phi) is 11.6. The Labute approximate surface area is 277 Å². The highest BCUT2D eigenvalue weighted by atomic mass is 35.5. The normalized spacial score (nSPS) is 22.3. The van der Waals surface area contributed by atoms with Gasteiger partial charge in [0.25, 0.3) is 0 Å². The van der Waals surface area contributed by atoms with Crippen LogP contribution in [0.25, 0.3) is 0 Å². The van der Waals surface area contributed by atoms with Gasteiger partial charge in [-0.1, -0.05) is 97.2 Å². The first-order valence-corrected chi connectivity index (χ1v) is 16.8. The summed E-state index contributed by atoms with van der Waals surface area (Å²) in [6.07, 6.45) is 5.54. The van der Waals surface area contributed by atoms with Crippen LogP contribution < -0.4 is 5.32 Å². The van der Waals surface area contributed by atoms with Crippen LogP contribution in [0, 0.1) is 5.41 Å². The van der Waals surface area contributed by atoms with E-state index in [4.69, 9.17) is 16.3 Å². The zero-order valence-corrected chi connectivity index (χ0v) is 27.3. The third-order valence-electron chi connectivity index (χ3n) is 9.82. The lowest BCUT2D eigenvalue weighted by atomic mass is 9.59. The molecular formula is C38H45ClN2O5. The Balaban J connectivity index is 1.54. The number of carbonyl (C=O) groups is 2. The summed E-state index contributed by atoms with van der Waals surface area (Å²) in [5.41, 5.74) is 1.65. The molecule has 3 aromatic rings. The molecule has 1 fully saturated rings. The second-order valence-corrected chi connectivity index (χ2v) is 13.1. The van der Waals surface area contributed by atoms with Crippen molar-refractivity contribution >= 4 is 23.5 Å². The van der Waals surface area contributed by atoms with Crippen LogP contribution in [0.3, 0.4) is 0 Å². The number of benzene rings is 3. The van der Waals surface area contributed by atoms with E-state index in [0.29, 0.717) is 29.3 Å². The van der Waals surface area contributed by atoms with Crippen LogP contribution in [0.2, 0.25) is 5.02 Å². The number of carboxylic acids is 2. The lowest BCUT2D eigenvalue weighted by Crippen LogP contribution is -2.59. The maximum absolute atomic E-state index is 13.9. The fourth-order valence-corrected chi connectivity index (χ4v) is 7.70. The minimum absolute atomic E-state index is 0.0430. The number of carboxylic acid groups (broad SMARTS) is 2. The monoisotopic (exact) mass is 644 g/mol. The van der Waals surface area contributed by atoms with Crippen LogP contribution in [0.1, 0.15) is 74.0 Å². The smallest absolute Gasteiger partial charge is 0.333 e. The lowest BCUT2D eigenvalue weighted by Gasteiger charge is -2.48. The van der Waals surface area contributed by atoms with Crippen LogP contribution in [0.4, 0.5) is 0 Å². The van der Waals surface area contributed by atoms with Crippen molar-refractivity contribution in [2.24, 2.45) is 5.41 Å². The topological polar surface area (TPSA) is 99.1 Å². The molecule has 3 unspecified atom stereocenters. The fraction of sp³-hybridized carbons (Fsp3) is 0.421. The molecule has 0 bridgehead atoms. The van der Waals surface area contributed by atoms with Crippen molar-refractivity contribution in [2.75, 3.05) is 32.8 Å². The Morgan fingerprint density at radius 3 is 2.13 bits per heavy atom. The molecule has 244 valence electrons. The quantitative estimate of drug-likeness (QED) is 0.168. The van der Waals surface area contributed by atoms with Gasteiger partial charge in [-0.2, -0.15) is 0 Å². The van der Waals surface area contributed by atoms with E-state index in [1.54, 1.807) is 31.2 Å². The number of nitrogens with zero attached hydrogens (tertiary/aromatic N) is 1. The summed E-state index contributed by atoms with van der Waals surface area (Å²) >= 11 is 6.46. The van der Waals surface area contributed by atoms with Crippen molar-refractivity contribution in [3.05, 3.63) is 118 Å². The molecule has 2 aliphatic rings. The van der Waals surface area contributed by atoms with Crippen LogP contribution in [0.5, 0.6) is 0 Å². The van der Waals surface area contributed by atoms with Crippen LogP contribution >= 0.6 is 11.6 Å². The Morgan fingerprint density at radius 2 is 1.57 bits per heavy atom. The molecule has 0 saturated carbocycles. The second-order valence-electron chi connectivity index (χ2n) is 12.6. The molecule has 8 heteroatoms. The average Bonchev–Trinajstić information content (AvgIpc) is 3.33. The van der Waals surface area contributed by atoms with Crippen molar-refractivity contribution < 1.29 is 24.5 Å². The largest absolute Gasteiger partial charge is 0.481 e. The maximum Gasteiger partial charge on any atom is 0.333 e. The number of halogens is 1. The molecule has 5 rings (SSSR count). The standard InChI is InChI=1S/C38H45ClN2O5/c1-27-34(36(42)43)35(30-17-12-18-31(39)25-30)38(37(44)45,33(40-27)26-46-24-23-41-21-10-2-3-11-22-41)20-19-32(28-13-6-4-7-14-28)29-15-8-5-9-16-29/h4-9,12-18,25,32-33,35,40H,2-3,10-11,19-24,26H2,1H3,(H,42,43)(H,44,45). The number of allylic oxidation sites excluding steroid dienone is 1. The van der Waals surface area contributed by atoms with Gasteiger partial charge in [-0.05, 0) is 74.5 Å². The third-order valence-corrected chi connectivity index (χ3v) is 10.1. The Hall–Kier alpha value is -3.65. The highest BCUT2D eigenvalue weighted by molar-refractivity contribution is 6.30. The van der Waals surface area contributed by atoms with Crippen LogP contribution in [-0.4, -0.2) is 65.9 Å². The minimum Gasteiger partial charge on any atom is -0.481 e. The molecule has 3 N–H and O–H groups in total. The van der Waals surface area contributed by atoms with Crippen LogP contribution in [0.15, 0.2) is 96.2 Å². The first-order chi connectivity index (χ1) is 22.3. The van der Waals surface area contributed by atoms with E-state index in [0.717, 1.165) is 30.8 Å². The second kappa shape index (κ2) is 15.8. The summed E-state index contributed by atoms with van der Waals surface area (Å²) < 4.78 is 6.29. The van der Waals surface area contributed by atoms with Gasteiger partial charge in [0.2, 0.25) is 0 Å². The van der Waals surface area contributed by atoms with Gasteiger partial charge in [0.15, 0.2) is 0 Å². The Bertz CT molecular complexity index is 1450. The number of hydrogen-bond donors (Lipinski definition) is 3. The van der Waals surface area contributed by atoms with Crippen molar-refractivity contribution in [3.63, 3.8) is 0 Å². The minimum atomic E-state index is -1.55. The van der Waals surface area contributed by atoms with Gasteiger partial charge in [-0.25, -0.2) is 4.79 Å². The molecule has 0 spiro atoms. The number of likely N-dealkylation sites (tertiary alicyclic amines) is 1. The summed E-state index contributed by atoms with van der Waals surface area (Å²) in [5.74, 6) is -3.27. The van der Waals surface area contributed by atoms with Crippen LogP contribution in [-0.2, 0) is 14.3 Å². The fourth-order valence-electron chi connectivity index (χ4n) is 7.50. The highest BCUT2D eigenvalue weighted by Gasteiger charge is 2.57. The molecule has 46 heavy (non-hydrogen) atoms. The van der Waals surface area contributed by atoms with Crippen molar-refractivity contribution in [3.8, 4) is 0 Å². The Morgan fingerprint density at radius 1 is 0.935 bits per heavy atom. The predicted octanol–water partition coefficient (Wildman–Crippen LogP) is 7.33. The van der Waals surface area contributed by atoms with E-state index in [1.165, 1.54) is 25.7 Å². The van der Waals surface area contributed by atoms with Gasteiger partial charge < -0.3 is 25.2 Å². The highest BCUT2D eigenvalue weighted by Crippen LogP contribution is 2.52. The molecule has 2 aliphatic heterocycles. The van der Waals surface area contributed by atoms with E-state index in [-0.39, 0.29) is 24.5 Å². The summed E-state index contributed by atoms with van der Waals surface area (Å²) in [4.78, 5) is 29.2. The SMILES string of the molecule is CC1=C(C(=O)O)C(c2cccc(Cl)c2)C(CCC(c2ccccc2)c2ccccc2)(C(=O)O)C(COCCN2CCCCCC2)N1. The first kappa shape index (κ1) is 33.7. The van der Waals surface area contributed by atoms with Gasteiger partial charge in [-0.15, -0.1) is 0 Å². The van der Waals surface area contributed by atoms with Gasteiger partial charge in [0, 0.05) is 29.1 Å². The van der Waals surface area contributed by atoms with Crippen molar-refractivity contribution in [2.45, 2.75) is 63.3 Å². The van der Waals surface area contributed by atoms with Gasteiger partial charge in [-0.3, -0.25) is 4.79 Å². The number of rotatable bonds is 13. The molecule has 0 aliphatic carbocycles. The van der Waals surface area contributed by atoms with Gasteiger partial charge >= 0.3 is 11.9 Å². The molecule has 0 radical (unpaired) electrons. The number of aliphatic carboxylic acids is 2. The zero-order valence-electron chi connectivity index (χ0n) is 26.5. The molecule has 1 saturated heterocycles. The van der Waals surface area contributed by atoms with E-state index < -0.39 is 29.3 Å². The molecule has 3 aromatic carbocycles. The van der Waals surface area contributed by atoms with E-state index in [9.17, 15) is 19.8 Å². The molecule has 3 atom stereocenters. The summed E-state index contributed by atoms with van der Waals surface area (Å²) in [7, 11) is 0. The van der Waals surface area contributed by atoms with Crippen molar-refractivity contribution in [1.29, 1.82) is 0 Å². The van der Waals surface area contributed by atoms with Gasteiger partial charge in [0.05, 0.1) is 24.8 Å². The van der Waals surface area contributed by atoms with E-state index in [1.807, 2.05) is 36.4 Å². The third kappa shape index (κ3) is 7.65. The molecule has 2 heterocycles. The number of ether oxygens (including phenoxy) is 1. The maximum atomic E-state index is 13.9. The van der Waals surface area contributed by atoms with E-state index >= 15 is 0 Å². The van der Waals surface area contributed by atoms with E-state index in [2.05, 4.69) is 34.5 Å². The molecular weight excluding hydrogens is 600 g/mol. The number of hydrogen-bond acceptors (Lipinski definition) is 5. The zero-order chi connectivity index (χ0) is 32.5. The number of nitrogens with one attached hydrogen (secondary N) is 1. The molecule has 7 nitrogen and oxygen atoms in total. The summed E-state index contributed by atoms with van der Waals surface area (Å²) in [6, 6.07) is 26.4. The molecule has 0 aromatic heterocycles. The summed E-state index contributed by atoms with van der Waals surface area (Å²) in [6.45, 7) is 5.19. The average molecular weight is 645 g/mol.